The molecule has 3 saturated heterocycles. The van der Waals surface area contributed by atoms with E-state index in [1.807, 2.05) is 0 Å². The molecule has 0 aromatic rings. The Morgan fingerprint density at radius 2 is 1.44 bits per heavy atom. The van der Waals surface area contributed by atoms with Crippen LogP contribution in [0.5, 0.6) is 0 Å². The molecule has 8 N–H and O–H groups in total. The number of hydrogen-bond acceptors (Lipinski definition) is 13. The number of aliphatic hydroxyl groups excluding tert-OH is 8. The molecule has 3 aliphatic heterocycles. The molecule has 0 radical (unpaired) electrons. The van der Waals surface area contributed by atoms with Crippen molar-refractivity contribution in [2.45, 2.75) is 179 Å². The third kappa shape index (κ3) is 5.44. The Bertz CT molecular complexity index is 1490. The summed E-state index contributed by atoms with van der Waals surface area (Å²) in [6.45, 7) is 15.4. The highest BCUT2D eigenvalue weighted by atomic mass is 16.7. The summed E-state index contributed by atoms with van der Waals surface area (Å²) < 4.78 is 31.2. The zero-order chi connectivity index (χ0) is 39.9. The number of allylic oxidation sites excluding steroid dienone is 1. The second-order valence-corrected chi connectivity index (χ2v) is 21.0. The zero-order valence-electron chi connectivity index (χ0n) is 33.7. The number of fused-ring (bicyclic) bond motifs is 4. The summed E-state index contributed by atoms with van der Waals surface area (Å²) in [6, 6.07) is 0. The van der Waals surface area contributed by atoms with Crippen LogP contribution < -0.4 is 0 Å². The molecular formula is C42H68O13. The van der Waals surface area contributed by atoms with Gasteiger partial charge in [-0.3, -0.25) is 0 Å². The molecule has 13 nitrogen and oxygen atoms in total. The van der Waals surface area contributed by atoms with Gasteiger partial charge in [-0.25, -0.2) is 0 Å². The van der Waals surface area contributed by atoms with Crippen LogP contribution in [0.1, 0.15) is 99.8 Å². The highest BCUT2D eigenvalue weighted by Gasteiger charge is 2.79. The van der Waals surface area contributed by atoms with Crippen LogP contribution in [0, 0.1) is 50.2 Å². The van der Waals surface area contributed by atoms with Crippen LogP contribution in [0.15, 0.2) is 12.2 Å². The Balaban J connectivity index is 1.05. The molecule has 3 heterocycles. The largest absolute Gasteiger partial charge is 0.396 e. The minimum Gasteiger partial charge on any atom is -0.396 e. The predicted octanol–water partition coefficient (Wildman–Crippen LogP) is 1.78. The van der Waals surface area contributed by atoms with Gasteiger partial charge in [-0.2, -0.15) is 0 Å². The molecule has 0 amide bonds. The van der Waals surface area contributed by atoms with Gasteiger partial charge in [0.2, 0.25) is 0 Å². The van der Waals surface area contributed by atoms with Crippen molar-refractivity contribution in [2.75, 3.05) is 19.8 Å². The Labute approximate surface area is 325 Å². The van der Waals surface area contributed by atoms with Crippen LogP contribution in [-0.2, 0) is 23.7 Å². The fourth-order valence-electron chi connectivity index (χ4n) is 14.3. The maximum Gasteiger partial charge on any atom is 0.187 e. The lowest BCUT2D eigenvalue weighted by Crippen LogP contribution is -2.72. The lowest BCUT2D eigenvalue weighted by atomic mass is 9.32. The molecule has 8 rings (SSSR count). The first kappa shape index (κ1) is 41.0. The van der Waals surface area contributed by atoms with E-state index in [0.29, 0.717) is 19.4 Å². The summed E-state index contributed by atoms with van der Waals surface area (Å²) in [5.41, 5.74) is -1.90. The first-order valence-corrected chi connectivity index (χ1v) is 20.9. The second kappa shape index (κ2) is 13.4. The van der Waals surface area contributed by atoms with Gasteiger partial charge in [0.15, 0.2) is 12.6 Å². The van der Waals surface area contributed by atoms with E-state index < -0.39 is 91.2 Å². The molecule has 0 aromatic heterocycles. The maximum atomic E-state index is 12.1. The molecule has 2 bridgehead atoms. The monoisotopic (exact) mass is 780 g/mol. The predicted molar refractivity (Wildman–Crippen MR) is 197 cm³/mol. The summed E-state index contributed by atoms with van der Waals surface area (Å²) in [7, 11) is 0. The van der Waals surface area contributed by atoms with Gasteiger partial charge < -0.3 is 64.5 Å². The van der Waals surface area contributed by atoms with E-state index in [9.17, 15) is 40.9 Å². The van der Waals surface area contributed by atoms with Gasteiger partial charge in [-0.15, -0.1) is 0 Å². The van der Waals surface area contributed by atoms with Crippen molar-refractivity contribution in [3.63, 3.8) is 0 Å². The van der Waals surface area contributed by atoms with Crippen LogP contribution in [-0.4, -0.2) is 140 Å². The van der Waals surface area contributed by atoms with Crippen molar-refractivity contribution in [1.82, 2.24) is 0 Å². The Morgan fingerprint density at radius 3 is 2.13 bits per heavy atom. The lowest BCUT2D eigenvalue weighted by Gasteiger charge is -2.73. The van der Waals surface area contributed by atoms with Crippen LogP contribution >= 0.6 is 0 Å². The number of rotatable bonds is 6. The fraction of sp³-hybridized carbons (Fsp3) is 0.952. The molecule has 7 fully saturated rings. The molecule has 2 unspecified atom stereocenters. The quantitative estimate of drug-likeness (QED) is 0.143. The molecule has 8 aliphatic rings. The van der Waals surface area contributed by atoms with E-state index >= 15 is 0 Å². The normalized spacial score (nSPS) is 59.7. The van der Waals surface area contributed by atoms with Gasteiger partial charge in [-0.1, -0.05) is 53.7 Å². The minimum absolute atomic E-state index is 0.0414. The van der Waals surface area contributed by atoms with Crippen LogP contribution in [0.2, 0.25) is 0 Å². The Morgan fingerprint density at radius 1 is 0.727 bits per heavy atom. The molecule has 13 heteroatoms. The van der Waals surface area contributed by atoms with Gasteiger partial charge in [0.25, 0.3) is 0 Å². The molecule has 4 saturated carbocycles. The summed E-state index contributed by atoms with van der Waals surface area (Å²) in [6.07, 6.45) is -3.39. The zero-order valence-corrected chi connectivity index (χ0v) is 33.7. The standard InChI is InChI=1S/C42H68O13/c1-21-28(46)33(55-34-31(49)30(48)29(47)22(18-43)53-34)32(50)35(52-21)54-27-10-11-37(4)23(38(27,5)19-44)8-12-39(6)24(37)9-13-42-25-16-36(2,3)14-15-41(25,20-51-42)26(45)17-40(39,42)7/h9,13,21-35,43-50H,8,10-12,14-20H2,1-7H3/t21-,22+,23-,24?,25-,26+,27+,28+,29+,30-,31+,32-,33+,34-,35+,37+,38+,39-,40+,41-,42?/m1/s1. The first-order chi connectivity index (χ1) is 25.7. The van der Waals surface area contributed by atoms with Crippen molar-refractivity contribution in [3.8, 4) is 0 Å². The third-order valence-electron chi connectivity index (χ3n) is 17.9. The highest BCUT2D eigenvalue weighted by molar-refractivity contribution is 5.36. The van der Waals surface area contributed by atoms with Gasteiger partial charge in [0, 0.05) is 22.2 Å². The summed E-state index contributed by atoms with van der Waals surface area (Å²) in [4.78, 5) is 0. The van der Waals surface area contributed by atoms with E-state index in [-0.39, 0.29) is 51.4 Å². The highest BCUT2D eigenvalue weighted by Crippen LogP contribution is 2.79. The van der Waals surface area contributed by atoms with Gasteiger partial charge in [0.1, 0.15) is 42.7 Å². The molecule has 1 spiro atoms. The van der Waals surface area contributed by atoms with Crippen LogP contribution in [0.4, 0.5) is 0 Å². The van der Waals surface area contributed by atoms with Gasteiger partial charge in [-0.05, 0) is 86.4 Å². The Kier molecular flexibility index (Phi) is 9.95. The molecule has 0 aromatic carbocycles. The molecule has 55 heavy (non-hydrogen) atoms. The maximum absolute atomic E-state index is 12.1. The Hall–Kier alpha value is -0.780. The summed E-state index contributed by atoms with van der Waals surface area (Å²) >= 11 is 0. The van der Waals surface area contributed by atoms with Crippen molar-refractivity contribution in [1.29, 1.82) is 0 Å². The topological polar surface area (TPSA) is 208 Å². The first-order valence-electron chi connectivity index (χ1n) is 20.9. The smallest absolute Gasteiger partial charge is 0.187 e. The van der Waals surface area contributed by atoms with Crippen LogP contribution in [0.25, 0.3) is 0 Å². The summed E-state index contributed by atoms with van der Waals surface area (Å²) in [5.74, 6) is 0.449. The number of ether oxygens (including phenoxy) is 5. The van der Waals surface area contributed by atoms with Crippen molar-refractivity contribution in [2.24, 2.45) is 50.2 Å². The van der Waals surface area contributed by atoms with Gasteiger partial charge in [0.05, 0.1) is 43.7 Å². The van der Waals surface area contributed by atoms with Crippen molar-refractivity contribution < 1.29 is 64.5 Å². The molecule has 5 aliphatic carbocycles. The van der Waals surface area contributed by atoms with Gasteiger partial charge >= 0.3 is 0 Å². The van der Waals surface area contributed by atoms with E-state index in [0.717, 1.165) is 38.5 Å². The van der Waals surface area contributed by atoms with E-state index in [2.05, 4.69) is 53.7 Å². The minimum atomic E-state index is -1.72. The fourth-order valence-corrected chi connectivity index (χ4v) is 14.3. The van der Waals surface area contributed by atoms with Crippen molar-refractivity contribution in [3.05, 3.63) is 12.2 Å². The summed E-state index contributed by atoms with van der Waals surface area (Å²) in [5, 5.41) is 87.0. The van der Waals surface area contributed by atoms with E-state index in [1.54, 1.807) is 6.92 Å². The third-order valence-corrected chi connectivity index (χ3v) is 17.9. The molecule has 21 atom stereocenters. The van der Waals surface area contributed by atoms with Crippen molar-refractivity contribution >= 4 is 0 Å². The molecule has 314 valence electrons. The lowest BCUT2D eigenvalue weighted by molar-refractivity contribution is -0.367. The number of hydrogen-bond donors (Lipinski definition) is 8. The van der Waals surface area contributed by atoms with E-state index in [4.69, 9.17) is 23.7 Å². The van der Waals surface area contributed by atoms with E-state index in [1.165, 1.54) is 0 Å². The average molecular weight is 781 g/mol. The average Bonchev–Trinajstić information content (AvgIpc) is 3.41. The molecular weight excluding hydrogens is 712 g/mol. The number of aliphatic hydroxyl groups is 8. The SMILES string of the molecule is C[C@H]1O[C@@H](O[C@H]2CC[C@]3(C)C4C=CC56OC[C@@]7(CCC(C)(C)C[C@@H]57)[C@@H](O)C[C@@]6(C)[C@]4(C)CC[C@H]3[C@]2(C)CO)[C@H](O)[C@@H](O[C@H]2O[C@@H](CO)[C@H](O)[C@@H](O)[C@@H]2O)[C@H]1O. The van der Waals surface area contributed by atoms with Crippen LogP contribution in [0.3, 0.4) is 0 Å². The second-order valence-electron chi connectivity index (χ2n) is 21.0.